The molecule has 2 heteroatoms. The van der Waals surface area contributed by atoms with E-state index < -0.39 is 0 Å². The van der Waals surface area contributed by atoms with E-state index in [1.54, 1.807) is 0 Å². The van der Waals surface area contributed by atoms with Gasteiger partial charge in [0.25, 0.3) is 0 Å². The molecule has 0 N–H and O–H groups in total. The van der Waals surface area contributed by atoms with Crippen LogP contribution in [0.15, 0.2) is 29.3 Å². The summed E-state index contributed by atoms with van der Waals surface area (Å²) >= 11 is 1.28. The summed E-state index contributed by atoms with van der Waals surface area (Å²) in [5.41, 5.74) is 2.55. The van der Waals surface area contributed by atoms with Gasteiger partial charge in [-0.05, 0) is 0 Å². The maximum absolute atomic E-state index is 4.06. The maximum atomic E-state index is 4.06. The normalized spacial score (nSPS) is 8.82. The van der Waals surface area contributed by atoms with E-state index in [1.165, 1.54) is 30.5 Å². The van der Waals surface area contributed by atoms with Gasteiger partial charge in [-0.2, -0.15) is 0 Å². The SMILES string of the molecule is Cc1ccc(CN=[C]=[W])cc1. The van der Waals surface area contributed by atoms with E-state index in [1.807, 2.05) is 0 Å². The van der Waals surface area contributed by atoms with Crippen molar-refractivity contribution in [3.63, 3.8) is 0 Å². The minimum atomic E-state index is 0.768. The molecule has 0 aromatic heterocycles. The van der Waals surface area contributed by atoms with E-state index in [9.17, 15) is 0 Å². The van der Waals surface area contributed by atoms with Crippen LogP contribution in [0.3, 0.4) is 0 Å². The summed E-state index contributed by atoms with van der Waals surface area (Å²) in [6.45, 7) is 2.85. The number of hydrogen-bond acceptors (Lipinski definition) is 1. The van der Waals surface area contributed by atoms with Crippen molar-refractivity contribution in [3.05, 3.63) is 35.4 Å². The molecule has 11 heavy (non-hydrogen) atoms. The zero-order chi connectivity index (χ0) is 8.10. The van der Waals surface area contributed by atoms with Crippen LogP contribution >= 0.6 is 0 Å². The van der Waals surface area contributed by atoms with Crippen molar-refractivity contribution >= 4 is 4.19 Å². The van der Waals surface area contributed by atoms with Gasteiger partial charge in [0.05, 0.1) is 0 Å². The summed E-state index contributed by atoms with van der Waals surface area (Å²) in [7, 11) is 0. The molecule has 0 amide bonds. The Morgan fingerprint density at radius 2 is 2.00 bits per heavy atom. The molecule has 0 fully saturated rings. The van der Waals surface area contributed by atoms with Crippen molar-refractivity contribution in [1.29, 1.82) is 0 Å². The molecule has 1 aromatic carbocycles. The number of rotatable bonds is 2. The Labute approximate surface area is 77.6 Å². The van der Waals surface area contributed by atoms with Crippen LogP contribution in [0, 0.1) is 6.92 Å². The molecule has 0 heterocycles. The van der Waals surface area contributed by atoms with Crippen LogP contribution in [0.1, 0.15) is 11.1 Å². The molecule has 0 aliphatic carbocycles. The van der Waals surface area contributed by atoms with Gasteiger partial charge in [0.2, 0.25) is 0 Å². The molecular weight excluding hydrogens is 306 g/mol. The summed E-state index contributed by atoms with van der Waals surface area (Å²) in [4.78, 5) is 4.06. The molecule has 0 unspecified atom stereocenters. The number of hydrogen-bond donors (Lipinski definition) is 0. The third-order valence-electron chi connectivity index (χ3n) is 1.45. The van der Waals surface area contributed by atoms with Crippen LogP contribution in [-0.2, 0) is 25.9 Å². The molecule has 56 valence electrons. The van der Waals surface area contributed by atoms with Crippen molar-refractivity contribution in [1.82, 2.24) is 0 Å². The molecule has 0 radical (unpaired) electrons. The zero-order valence-corrected chi connectivity index (χ0v) is 9.31. The topological polar surface area (TPSA) is 12.4 Å². The van der Waals surface area contributed by atoms with E-state index in [4.69, 9.17) is 0 Å². The fourth-order valence-electron chi connectivity index (χ4n) is 0.817. The molecule has 0 aliphatic heterocycles. The number of benzene rings is 1. The Morgan fingerprint density at radius 3 is 2.55 bits per heavy atom. The molecule has 1 rings (SSSR count). The Hall–Kier alpha value is -0.512. The first-order chi connectivity index (χ1) is 5.33. The van der Waals surface area contributed by atoms with Crippen LogP contribution in [0.25, 0.3) is 0 Å². The van der Waals surface area contributed by atoms with Crippen molar-refractivity contribution in [3.8, 4) is 0 Å². The average Bonchev–Trinajstić information content (AvgIpc) is 2.04. The predicted molar refractivity (Wildman–Crippen MR) is 42.3 cm³/mol. The van der Waals surface area contributed by atoms with Gasteiger partial charge in [0.1, 0.15) is 0 Å². The fraction of sp³-hybridized carbons (Fsp3) is 0.222. The monoisotopic (exact) mass is 315 g/mol. The molecule has 1 nitrogen and oxygen atoms in total. The van der Waals surface area contributed by atoms with E-state index in [2.05, 4.69) is 40.4 Å². The molecule has 0 saturated carbocycles. The summed E-state index contributed by atoms with van der Waals surface area (Å²) in [6, 6.07) is 8.41. The van der Waals surface area contributed by atoms with Gasteiger partial charge in [-0.3, -0.25) is 0 Å². The molecule has 0 saturated heterocycles. The summed E-state index contributed by atoms with van der Waals surface area (Å²) < 4.78 is 2.84. The Balaban J connectivity index is 2.73. The van der Waals surface area contributed by atoms with Crippen LogP contribution in [0.2, 0.25) is 0 Å². The second kappa shape index (κ2) is 4.38. The van der Waals surface area contributed by atoms with Gasteiger partial charge in [-0.25, -0.2) is 0 Å². The molecule has 1 aromatic rings. The van der Waals surface area contributed by atoms with Gasteiger partial charge in [-0.1, -0.05) is 0 Å². The van der Waals surface area contributed by atoms with Crippen molar-refractivity contribution < 1.29 is 19.4 Å². The molecular formula is C9H9NW. The zero-order valence-electron chi connectivity index (χ0n) is 6.37. The fourth-order valence-corrected chi connectivity index (χ4v) is 1.05. The van der Waals surface area contributed by atoms with Gasteiger partial charge in [0, 0.05) is 0 Å². The Morgan fingerprint density at radius 1 is 1.36 bits per heavy atom. The molecule has 0 aliphatic rings. The van der Waals surface area contributed by atoms with E-state index in [-0.39, 0.29) is 0 Å². The second-order valence-electron chi connectivity index (χ2n) is 2.39. The van der Waals surface area contributed by atoms with Crippen molar-refractivity contribution in [2.75, 3.05) is 0 Å². The third-order valence-corrected chi connectivity index (χ3v) is 1.91. The first kappa shape index (κ1) is 8.58. The third kappa shape index (κ3) is 2.92. The Bertz CT molecular complexity index is 270. The first-order valence-electron chi connectivity index (χ1n) is 3.42. The van der Waals surface area contributed by atoms with Crippen LogP contribution in [-0.4, -0.2) is 4.19 Å². The summed E-state index contributed by atoms with van der Waals surface area (Å²) in [5.74, 6) is 0. The summed E-state index contributed by atoms with van der Waals surface area (Å²) in [5, 5.41) is 0. The molecule has 0 spiro atoms. The second-order valence-corrected chi connectivity index (χ2v) is 3.05. The standard InChI is InChI=1S/C9H9N.W/c1-8-3-5-9(6-4-8)7-10-2;/h3-6H,7H2,1H3;. The average molecular weight is 315 g/mol. The van der Waals surface area contributed by atoms with Crippen LogP contribution in [0.5, 0.6) is 0 Å². The van der Waals surface area contributed by atoms with Crippen LogP contribution in [0.4, 0.5) is 0 Å². The van der Waals surface area contributed by atoms with Gasteiger partial charge >= 0.3 is 77.4 Å². The summed E-state index contributed by atoms with van der Waals surface area (Å²) in [6.07, 6.45) is 0. The minimum absolute atomic E-state index is 0.768. The molecule has 0 atom stereocenters. The number of aliphatic imine (C=N–C) groups is 1. The quantitative estimate of drug-likeness (QED) is 0.740. The first-order valence-corrected chi connectivity index (χ1v) is 4.89. The van der Waals surface area contributed by atoms with E-state index in [0.717, 1.165) is 6.54 Å². The van der Waals surface area contributed by atoms with E-state index >= 15 is 0 Å². The van der Waals surface area contributed by atoms with Crippen molar-refractivity contribution in [2.24, 2.45) is 4.99 Å². The Kier molecular flexibility index (Phi) is 3.42. The predicted octanol–water partition coefficient (Wildman–Crippen LogP) is 1.95. The van der Waals surface area contributed by atoms with Crippen molar-refractivity contribution in [2.45, 2.75) is 13.5 Å². The van der Waals surface area contributed by atoms with Crippen LogP contribution < -0.4 is 0 Å². The van der Waals surface area contributed by atoms with Gasteiger partial charge in [-0.15, -0.1) is 0 Å². The molecule has 0 bridgehead atoms. The van der Waals surface area contributed by atoms with Gasteiger partial charge in [0.15, 0.2) is 0 Å². The number of aryl methyl sites for hydroxylation is 1. The number of nitrogens with zero attached hydrogens (tertiary/aromatic N) is 1. The van der Waals surface area contributed by atoms with E-state index in [0.29, 0.717) is 0 Å². The van der Waals surface area contributed by atoms with Gasteiger partial charge < -0.3 is 0 Å².